The van der Waals surface area contributed by atoms with Crippen LogP contribution in [0.25, 0.3) is 0 Å². The lowest BCUT2D eigenvalue weighted by atomic mass is 9.45. The Morgan fingerprint density at radius 1 is 1.00 bits per heavy atom. The van der Waals surface area contributed by atoms with E-state index in [1.807, 2.05) is 30.7 Å². The Kier molecular flexibility index (Phi) is 11.8. The number of hydrogen-bond acceptors (Lipinski definition) is 5. The van der Waals surface area contributed by atoms with E-state index in [0.717, 1.165) is 42.9 Å². The van der Waals surface area contributed by atoms with E-state index in [2.05, 4.69) is 47.6 Å². The zero-order valence-corrected chi connectivity index (χ0v) is 31.8. The average Bonchev–Trinajstić information content (AvgIpc) is 3.44. The lowest BCUT2D eigenvalue weighted by Crippen LogP contribution is -2.53. The number of hydrogen-bond donors (Lipinski definition) is 0. The third-order valence-electron chi connectivity index (χ3n) is 13.8. The Bertz CT molecular complexity index is 1330. The topological polar surface area (TPSA) is 54.0 Å². The van der Waals surface area contributed by atoms with Crippen LogP contribution in [0.4, 0.5) is 0 Å². The molecule has 1 heterocycles. The highest BCUT2D eigenvalue weighted by Crippen LogP contribution is 2.68. The fourth-order valence-electron chi connectivity index (χ4n) is 11.5. The monoisotopic (exact) mass is 674 g/mol. The molecule has 9 atom stereocenters. The fourth-order valence-corrected chi connectivity index (χ4v) is 11.5. The summed E-state index contributed by atoms with van der Waals surface area (Å²) in [6.45, 7) is 17.7. The first kappa shape index (κ1) is 36.8. The van der Waals surface area contributed by atoms with Gasteiger partial charge >= 0.3 is 5.97 Å². The summed E-state index contributed by atoms with van der Waals surface area (Å²) in [4.78, 5) is 12.6. The Morgan fingerprint density at radius 3 is 2.53 bits per heavy atom. The highest BCUT2D eigenvalue weighted by molar-refractivity contribution is 5.89. The van der Waals surface area contributed by atoms with Crippen LogP contribution in [0, 0.1) is 40.4 Å². The molecule has 0 aromatic heterocycles. The van der Waals surface area contributed by atoms with Crippen molar-refractivity contribution >= 4 is 5.97 Å². The molecular weight excluding hydrogens is 608 g/mol. The van der Waals surface area contributed by atoms with Crippen LogP contribution in [0.3, 0.4) is 0 Å². The predicted octanol–water partition coefficient (Wildman–Crippen LogP) is 10.9. The minimum atomic E-state index is -0.345. The molecule has 5 heteroatoms. The van der Waals surface area contributed by atoms with Gasteiger partial charge in [-0.25, -0.2) is 4.79 Å². The molecule has 0 amide bonds. The molecule has 49 heavy (non-hydrogen) atoms. The van der Waals surface area contributed by atoms with E-state index >= 15 is 0 Å². The number of carbonyl (C=O) groups excluding carboxylic acids is 1. The van der Waals surface area contributed by atoms with Crippen LogP contribution >= 0.6 is 0 Å². The summed E-state index contributed by atoms with van der Waals surface area (Å²) in [7, 11) is 0. The number of rotatable bonds is 12. The first-order valence-corrected chi connectivity index (χ1v) is 20.1. The van der Waals surface area contributed by atoms with Gasteiger partial charge in [0.25, 0.3) is 0 Å². The molecule has 3 saturated carbocycles. The van der Waals surface area contributed by atoms with Gasteiger partial charge in [0, 0.05) is 19.4 Å². The summed E-state index contributed by atoms with van der Waals surface area (Å²) in [5.74, 6) is 3.52. The smallest absolute Gasteiger partial charge is 0.338 e. The second-order valence-electron chi connectivity index (χ2n) is 17.3. The van der Waals surface area contributed by atoms with Gasteiger partial charge in [-0.05, 0) is 131 Å². The average molecular weight is 675 g/mol. The number of esters is 1. The van der Waals surface area contributed by atoms with Gasteiger partial charge in [0.1, 0.15) is 6.61 Å². The SMILES string of the molecule is CCOC1C[C@@H](COC(=O)c2ccccc2)O[C@@H](O[C@H]2CCC3(C(C)C)C(=CCC4C3CC[C@]3(C)/C(=C(\C)CCCC(C)C)CCC43)C2)C1. The molecule has 0 N–H and O–H groups in total. The first-order valence-electron chi connectivity index (χ1n) is 20.1. The summed E-state index contributed by atoms with van der Waals surface area (Å²) >= 11 is 0. The van der Waals surface area contributed by atoms with Gasteiger partial charge in [-0.2, -0.15) is 0 Å². The maximum absolute atomic E-state index is 12.6. The lowest BCUT2D eigenvalue weighted by Gasteiger charge is -2.60. The summed E-state index contributed by atoms with van der Waals surface area (Å²) < 4.78 is 25.1. The zero-order valence-electron chi connectivity index (χ0n) is 31.8. The van der Waals surface area contributed by atoms with Crippen molar-refractivity contribution in [2.45, 2.75) is 157 Å². The fraction of sp³-hybridized carbons (Fsp3) is 0.750. The standard InChI is InChI=1S/C44H66O5/c1-8-46-35-26-36(28-47-42(45)32-15-10-9-11-16-32)49-41(27-35)48-34-21-24-44(30(4)5)33(25-34)17-18-37-39-20-19-38(31(6)14-12-13-29(2)3)43(39,7)23-22-40(37)44/h9-11,15-17,29-30,34-37,39-41H,8,12-14,18-28H2,1-7H3/b38-31+/t34-,35?,36-,37?,39?,40?,41+,43+,44?/m0/s1. The number of carbonyl (C=O) groups is 1. The van der Waals surface area contributed by atoms with Crippen LogP contribution in [0.1, 0.15) is 142 Å². The molecule has 0 bridgehead atoms. The molecule has 6 rings (SSSR count). The summed E-state index contributed by atoms with van der Waals surface area (Å²) in [6, 6.07) is 9.18. The van der Waals surface area contributed by atoms with Crippen LogP contribution in [-0.4, -0.2) is 43.8 Å². The third kappa shape index (κ3) is 7.65. The molecule has 1 saturated heterocycles. The Balaban J connectivity index is 1.12. The predicted molar refractivity (Wildman–Crippen MR) is 197 cm³/mol. The van der Waals surface area contributed by atoms with Crippen molar-refractivity contribution in [1.82, 2.24) is 0 Å². The van der Waals surface area contributed by atoms with Gasteiger partial charge in [-0.15, -0.1) is 0 Å². The molecule has 0 radical (unpaired) electrons. The van der Waals surface area contributed by atoms with Crippen molar-refractivity contribution in [3.05, 3.63) is 58.7 Å². The molecule has 4 aliphatic carbocycles. The Hall–Kier alpha value is -1.95. The first-order chi connectivity index (χ1) is 23.5. The van der Waals surface area contributed by atoms with Gasteiger partial charge < -0.3 is 18.9 Å². The molecule has 5 unspecified atom stereocenters. The molecule has 1 aromatic rings. The summed E-state index contributed by atoms with van der Waals surface area (Å²) in [5.41, 5.74) is 6.49. The molecule has 1 aliphatic heterocycles. The minimum absolute atomic E-state index is 0.0397. The lowest BCUT2D eigenvalue weighted by molar-refractivity contribution is -0.247. The Labute approximate surface area is 298 Å². The van der Waals surface area contributed by atoms with E-state index < -0.39 is 0 Å². The van der Waals surface area contributed by atoms with E-state index in [-0.39, 0.29) is 37.2 Å². The van der Waals surface area contributed by atoms with Gasteiger partial charge in [-0.1, -0.05) is 82.0 Å². The number of fused-ring (bicyclic) bond motifs is 5. The van der Waals surface area contributed by atoms with Gasteiger partial charge in [0.15, 0.2) is 6.29 Å². The van der Waals surface area contributed by atoms with E-state index in [1.165, 1.54) is 57.8 Å². The molecule has 5 nitrogen and oxygen atoms in total. The molecule has 1 aromatic carbocycles. The third-order valence-corrected chi connectivity index (χ3v) is 13.8. The number of ether oxygens (including phenoxy) is 4. The van der Waals surface area contributed by atoms with Crippen LogP contribution in [0.15, 0.2) is 53.1 Å². The van der Waals surface area contributed by atoms with Gasteiger partial charge in [0.05, 0.1) is 23.9 Å². The highest BCUT2D eigenvalue weighted by atomic mass is 16.7. The van der Waals surface area contributed by atoms with Crippen molar-refractivity contribution in [3.8, 4) is 0 Å². The van der Waals surface area contributed by atoms with Crippen LogP contribution in [-0.2, 0) is 18.9 Å². The molecule has 0 spiro atoms. The van der Waals surface area contributed by atoms with Gasteiger partial charge in [-0.3, -0.25) is 0 Å². The van der Waals surface area contributed by atoms with Crippen molar-refractivity contribution in [1.29, 1.82) is 0 Å². The van der Waals surface area contributed by atoms with E-state index in [9.17, 15) is 4.79 Å². The molecule has 5 aliphatic rings. The second kappa shape index (κ2) is 15.7. The van der Waals surface area contributed by atoms with Crippen molar-refractivity contribution in [2.75, 3.05) is 13.2 Å². The van der Waals surface area contributed by atoms with E-state index in [0.29, 0.717) is 35.3 Å². The highest BCUT2D eigenvalue weighted by Gasteiger charge is 2.59. The number of allylic oxidation sites excluding steroid dienone is 3. The normalized spacial score (nSPS) is 36.9. The quantitative estimate of drug-likeness (QED) is 0.163. The van der Waals surface area contributed by atoms with Crippen LogP contribution < -0.4 is 0 Å². The van der Waals surface area contributed by atoms with Gasteiger partial charge in [0.2, 0.25) is 0 Å². The van der Waals surface area contributed by atoms with E-state index in [4.69, 9.17) is 18.9 Å². The second-order valence-corrected chi connectivity index (χ2v) is 17.3. The molecular formula is C44H66O5. The largest absolute Gasteiger partial charge is 0.459 e. The number of benzene rings is 1. The van der Waals surface area contributed by atoms with Crippen LogP contribution in [0.5, 0.6) is 0 Å². The van der Waals surface area contributed by atoms with Crippen molar-refractivity contribution in [2.24, 2.45) is 40.4 Å². The summed E-state index contributed by atoms with van der Waals surface area (Å²) in [5, 5.41) is 0. The zero-order chi connectivity index (χ0) is 34.8. The molecule has 272 valence electrons. The molecule has 4 fully saturated rings. The summed E-state index contributed by atoms with van der Waals surface area (Å²) in [6.07, 6.45) is 17.7. The minimum Gasteiger partial charge on any atom is -0.459 e. The van der Waals surface area contributed by atoms with Crippen molar-refractivity contribution in [3.63, 3.8) is 0 Å². The maximum atomic E-state index is 12.6. The Morgan fingerprint density at radius 2 is 1.80 bits per heavy atom. The van der Waals surface area contributed by atoms with Crippen molar-refractivity contribution < 1.29 is 23.7 Å². The maximum Gasteiger partial charge on any atom is 0.338 e. The van der Waals surface area contributed by atoms with E-state index in [1.54, 1.807) is 23.3 Å². The van der Waals surface area contributed by atoms with Crippen LogP contribution in [0.2, 0.25) is 0 Å².